The standard InChI is InChI=1S/C17H18FNO2/c18-13-6-8-16-12(10-13)11-15(7-9-17(20)21)19(16)14-4-2-1-3-5-14/h6-11,14H,1-5H2,(H,20,21)/b9-7+. The summed E-state index contributed by atoms with van der Waals surface area (Å²) in [6.45, 7) is 0. The molecule has 1 saturated carbocycles. The summed E-state index contributed by atoms with van der Waals surface area (Å²) in [7, 11) is 0. The van der Waals surface area contributed by atoms with Crippen LogP contribution in [0.2, 0.25) is 0 Å². The van der Waals surface area contributed by atoms with Gasteiger partial charge in [-0.25, -0.2) is 9.18 Å². The average Bonchev–Trinajstić information content (AvgIpc) is 2.83. The van der Waals surface area contributed by atoms with Crippen molar-refractivity contribution in [1.29, 1.82) is 0 Å². The van der Waals surface area contributed by atoms with Crippen molar-refractivity contribution in [3.63, 3.8) is 0 Å². The lowest BCUT2D eigenvalue weighted by atomic mass is 9.95. The molecule has 4 heteroatoms. The van der Waals surface area contributed by atoms with E-state index in [0.717, 1.165) is 35.5 Å². The van der Waals surface area contributed by atoms with E-state index < -0.39 is 5.97 Å². The third kappa shape index (κ3) is 2.84. The van der Waals surface area contributed by atoms with Crippen molar-refractivity contribution >= 4 is 22.9 Å². The number of benzene rings is 1. The largest absolute Gasteiger partial charge is 0.478 e. The lowest BCUT2D eigenvalue weighted by Crippen LogP contribution is -2.13. The SMILES string of the molecule is O=C(O)/C=C/c1cc2cc(F)ccc2n1C1CCCCC1. The highest BCUT2D eigenvalue weighted by Gasteiger charge is 2.19. The number of halogens is 1. The van der Waals surface area contributed by atoms with Gasteiger partial charge in [0.05, 0.1) is 0 Å². The van der Waals surface area contributed by atoms with Crippen LogP contribution >= 0.6 is 0 Å². The molecule has 3 nitrogen and oxygen atoms in total. The maximum Gasteiger partial charge on any atom is 0.328 e. The number of rotatable bonds is 3. The number of aromatic nitrogens is 1. The van der Waals surface area contributed by atoms with E-state index in [-0.39, 0.29) is 5.82 Å². The predicted molar refractivity (Wildman–Crippen MR) is 80.7 cm³/mol. The molecule has 1 N–H and O–H groups in total. The van der Waals surface area contributed by atoms with Gasteiger partial charge in [0.1, 0.15) is 5.82 Å². The smallest absolute Gasteiger partial charge is 0.328 e. The molecule has 0 radical (unpaired) electrons. The van der Waals surface area contributed by atoms with Gasteiger partial charge >= 0.3 is 5.97 Å². The summed E-state index contributed by atoms with van der Waals surface area (Å²) >= 11 is 0. The second-order valence-electron chi connectivity index (χ2n) is 5.61. The van der Waals surface area contributed by atoms with Crippen molar-refractivity contribution < 1.29 is 14.3 Å². The number of carboxylic acids is 1. The van der Waals surface area contributed by atoms with Gasteiger partial charge < -0.3 is 9.67 Å². The Bertz CT molecular complexity index is 696. The van der Waals surface area contributed by atoms with Crippen LogP contribution in [0.1, 0.15) is 43.8 Å². The van der Waals surface area contributed by atoms with E-state index in [9.17, 15) is 9.18 Å². The number of aliphatic carboxylic acids is 1. The average molecular weight is 287 g/mol. The molecule has 0 saturated heterocycles. The highest BCUT2D eigenvalue weighted by molar-refractivity contribution is 5.88. The van der Waals surface area contributed by atoms with Crippen molar-refractivity contribution in [3.8, 4) is 0 Å². The van der Waals surface area contributed by atoms with E-state index in [2.05, 4.69) is 4.57 Å². The van der Waals surface area contributed by atoms with Crippen LogP contribution < -0.4 is 0 Å². The molecule has 1 aromatic heterocycles. The minimum atomic E-state index is -0.971. The number of fused-ring (bicyclic) bond motifs is 1. The second-order valence-corrected chi connectivity index (χ2v) is 5.61. The maximum absolute atomic E-state index is 13.4. The summed E-state index contributed by atoms with van der Waals surface area (Å²) in [5, 5.41) is 9.66. The van der Waals surface area contributed by atoms with Gasteiger partial charge in [0.25, 0.3) is 0 Å². The van der Waals surface area contributed by atoms with Gasteiger partial charge in [0.15, 0.2) is 0 Å². The van der Waals surface area contributed by atoms with Crippen molar-refractivity contribution in [2.45, 2.75) is 38.1 Å². The monoisotopic (exact) mass is 287 g/mol. The van der Waals surface area contributed by atoms with Crippen LogP contribution in [0.15, 0.2) is 30.3 Å². The molecule has 1 heterocycles. The minimum Gasteiger partial charge on any atom is -0.478 e. The Labute approximate surface area is 122 Å². The minimum absolute atomic E-state index is 0.267. The van der Waals surface area contributed by atoms with Crippen molar-refractivity contribution in [2.24, 2.45) is 0 Å². The van der Waals surface area contributed by atoms with Crippen molar-refractivity contribution in [2.75, 3.05) is 0 Å². The highest BCUT2D eigenvalue weighted by Crippen LogP contribution is 2.34. The summed E-state index contributed by atoms with van der Waals surface area (Å²) in [6.07, 6.45) is 8.56. The Kier molecular flexibility index (Phi) is 3.78. The van der Waals surface area contributed by atoms with Crippen LogP contribution in [-0.4, -0.2) is 15.6 Å². The Balaban J connectivity index is 2.12. The van der Waals surface area contributed by atoms with Crippen LogP contribution in [0.4, 0.5) is 4.39 Å². The molecule has 0 bridgehead atoms. The highest BCUT2D eigenvalue weighted by atomic mass is 19.1. The molecular weight excluding hydrogens is 269 g/mol. The topological polar surface area (TPSA) is 42.2 Å². The molecule has 0 spiro atoms. The van der Waals surface area contributed by atoms with Gasteiger partial charge in [0.2, 0.25) is 0 Å². The van der Waals surface area contributed by atoms with Crippen LogP contribution in [0, 0.1) is 5.82 Å². The van der Waals surface area contributed by atoms with Gasteiger partial charge in [-0.1, -0.05) is 19.3 Å². The molecule has 1 aliphatic rings. The molecule has 1 aliphatic carbocycles. The molecule has 0 unspecified atom stereocenters. The number of carbonyl (C=O) groups is 1. The second kappa shape index (κ2) is 5.72. The molecule has 1 aromatic carbocycles. The fourth-order valence-electron chi connectivity index (χ4n) is 3.26. The van der Waals surface area contributed by atoms with Crippen molar-refractivity contribution in [3.05, 3.63) is 41.9 Å². The number of carboxylic acid groups (broad SMARTS) is 1. The zero-order chi connectivity index (χ0) is 14.8. The lowest BCUT2D eigenvalue weighted by molar-refractivity contribution is -0.131. The van der Waals surface area contributed by atoms with E-state index in [1.807, 2.05) is 6.07 Å². The number of nitrogens with zero attached hydrogens (tertiary/aromatic N) is 1. The van der Waals surface area contributed by atoms with Crippen molar-refractivity contribution in [1.82, 2.24) is 4.57 Å². The van der Waals surface area contributed by atoms with Crippen LogP contribution in [0.3, 0.4) is 0 Å². The van der Waals surface area contributed by atoms with E-state index in [4.69, 9.17) is 5.11 Å². The summed E-state index contributed by atoms with van der Waals surface area (Å²) in [4.78, 5) is 10.8. The van der Waals surface area contributed by atoms with E-state index >= 15 is 0 Å². The summed E-state index contributed by atoms with van der Waals surface area (Å²) < 4.78 is 15.6. The first-order valence-electron chi connectivity index (χ1n) is 7.36. The lowest BCUT2D eigenvalue weighted by Gasteiger charge is -2.25. The van der Waals surface area contributed by atoms with Gasteiger partial charge in [-0.3, -0.25) is 0 Å². The number of hydrogen-bond acceptors (Lipinski definition) is 1. The Morgan fingerprint density at radius 3 is 2.71 bits per heavy atom. The third-order valence-corrected chi connectivity index (χ3v) is 4.17. The normalized spacial score (nSPS) is 16.8. The summed E-state index contributed by atoms with van der Waals surface area (Å²) in [5.74, 6) is -1.24. The van der Waals surface area contributed by atoms with Gasteiger partial charge in [-0.05, 0) is 43.2 Å². The first-order chi connectivity index (χ1) is 10.1. The first-order valence-corrected chi connectivity index (χ1v) is 7.36. The molecule has 2 aromatic rings. The molecule has 110 valence electrons. The quantitative estimate of drug-likeness (QED) is 0.851. The fourth-order valence-corrected chi connectivity index (χ4v) is 3.26. The van der Waals surface area contributed by atoms with Crippen LogP contribution in [-0.2, 0) is 4.79 Å². The zero-order valence-electron chi connectivity index (χ0n) is 11.8. The van der Waals surface area contributed by atoms with E-state index in [1.165, 1.54) is 31.4 Å². The Morgan fingerprint density at radius 1 is 1.24 bits per heavy atom. The molecule has 0 aliphatic heterocycles. The maximum atomic E-state index is 13.4. The molecule has 3 rings (SSSR count). The molecule has 0 atom stereocenters. The predicted octanol–water partition coefficient (Wildman–Crippen LogP) is 4.38. The number of hydrogen-bond donors (Lipinski definition) is 1. The van der Waals surface area contributed by atoms with Crippen LogP contribution in [0.5, 0.6) is 0 Å². The zero-order valence-corrected chi connectivity index (χ0v) is 11.8. The molecule has 21 heavy (non-hydrogen) atoms. The van der Waals surface area contributed by atoms with Gasteiger partial charge in [0, 0.05) is 28.7 Å². The Morgan fingerprint density at radius 2 is 2.00 bits per heavy atom. The molecule has 0 amide bonds. The molecule has 1 fully saturated rings. The summed E-state index contributed by atoms with van der Waals surface area (Å²) in [6, 6.07) is 7.00. The van der Waals surface area contributed by atoms with Gasteiger partial charge in [-0.15, -0.1) is 0 Å². The van der Waals surface area contributed by atoms with E-state index in [1.54, 1.807) is 12.1 Å². The van der Waals surface area contributed by atoms with E-state index in [0.29, 0.717) is 6.04 Å². The summed E-state index contributed by atoms with van der Waals surface area (Å²) in [5.41, 5.74) is 1.82. The molecular formula is C17H18FNO2. The fraction of sp³-hybridized carbons (Fsp3) is 0.353. The van der Waals surface area contributed by atoms with Gasteiger partial charge in [-0.2, -0.15) is 0 Å². The Hall–Kier alpha value is -2.10. The van der Waals surface area contributed by atoms with Crippen LogP contribution in [0.25, 0.3) is 17.0 Å². The first kappa shape index (κ1) is 13.9. The third-order valence-electron chi connectivity index (χ3n) is 4.17.